The summed E-state index contributed by atoms with van der Waals surface area (Å²) in [6.07, 6.45) is 0.892. The molecule has 8 nitrogen and oxygen atoms in total. The number of nitriles is 1. The van der Waals surface area contributed by atoms with E-state index in [4.69, 9.17) is 4.98 Å². The van der Waals surface area contributed by atoms with Crippen molar-refractivity contribution in [2.75, 3.05) is 20.1 Å². The van der Waals surface area contributed by atoms with Crippen molar-refractivity contribution in [1.82, 2.24) is 18.8 Å². The molecule has 1 aliphatic heterocycles. The molecule has 172 valence electrons. The van der Waals surface area contributed by atoms with Crippen LogP contribution in [0.3, 0.4) is 0 Å². The fourth-order valence-corrected chi connectivity index (χ4v) is 6.08. The van der Waals surface area contributed by atoms with Crippen LogP contribution in [-0.2, 0) is 27.9 Å². The Balaban J connectivity index is 1.43. The van der Waals surface area contributed by atoms with E-state index in [1.54, 1.807) is 24.1 Å². The fraction of sp³-hybridized carbons (Fsp3) is 0.375. The van der Waals surface area contributed by atoms with Crippen LogP contribution in [0.4, 0.5) is 0 Å². The molecule has 3 aromatic rings. The summed E-state index contributed by atoms with van der Waals surface area (Å²) in [5.41, 5.74) is 2.09. The molecule has 0 aliphatic carbocycles. The average molecular weight is 466 g/mol. The molecule has 0 spiro atoms. The molecule has 2 heterocycles. The van der Waals surface area contributed by atoms with Crippen LogP contribution in [0.15, 0.2) is 53.4 Å². The lowest BCUT2D eigenvalue weighted by Crippen LogP contribution is -2.43. The molecule has 1 aliphatic rings. The average Bonchev–Trinajstić information content (AvgIpc) is 3.20. The third-order valence-electron chi connectivity index (χ3n) is 6.23. The third kappa shape index (κ3) is 4.36. The molecule has 0 bridgehead atoms. The zero-order valence-corrected chi connectivity index (χ0v) is 19.6. The van der Waals surface area contributed by atoms with Crippen molar-refractivity contribution in [2.45, 2.75) is 37.8 Å². The second-order valence-electron chi connectivity index (χ2n) is 8.24. The van der Waals surface area contributed by atoms with Crippen LogP contribution in [0.2, 0.25) is 0 Å². The van der Waals surface area contributed by atoms with Gasteiger partial charge in [0.1, 0.15) is 11.9 Å². The van der Waals surface area contributed by atoms with Gasteiger partial charge in [-0.2, -0.15) is 9.57 Å². The maximum Gasteiger partial charge on any atom is 0.244 e. The monoisotopic (exact) mass is 465 g/mol. The smallest absolute Gasteiger partial charge is 0.244 e. The first kappa shape index (κ1) is 23.0. The second-order valence-corrected chi connectivity index (χ2v) is 10.1. The van der Waals surface area contributed by atoms with E-state index >= 15 is 0 Å². The van der Waals surface area contributed by atoms with E-state index in [0.717, 1.165) is 23.4 Å². The van der Waals surface area contributed by atoms with Crippen LogP contribution in [0, 0.1) is 17.2 Å². The standard InChI is InChI=1S/C24H27N5O3S/c1-3-29-21-10-6-5-9-20(21)26-23(29)17-27(2)24(30)18-12-14-28(15-13-18)33(31,32)22-11-7-4-8-19(22)16-25/h4-11,18H,3,12-15,17H2,1-2H3. The first-order valence-electron chi connectivity index (χ1n) is 11.0. The Kier molecular flexibility index (Phi) is 6.49. The highest BCUT2D eigenvalue weighted by atomic mass is 32.2. The molecule has 0 radical (unpaired) electrons. The second kappa shape index (κ2) is 9.33. The number of aromatic nitrogens is 2. The van der Waals surface area contributed by atoms with Crippen molar-refractivity contribution >= 4 is 27.0 Å². The zero-order chi connectivity index (χ0) is 23.6. The van der Waals surface area contributed by atoms with Crippen molar-refractivity contribution in [1.29, 1.82) is 5.26 Å². The number of imidazole rings is 1. The summed E-state index contributed by atoms with van der Waals surface area (Å²) in [7, 11) is -2.00. The molecule has 9 heteroatoms. The van der Waals surface area contributed by atoms with Crippen LogP contribution in [-0.4, -0.2) is 53.2 Å². The number of benzene rings is 2. The summed E-state index contributed by atoms with van der Waals surface area (Å²) in [5, 5.41) is 9.27. The van der Waals surface area contributed by atoms with Gasteiger partial charge < -0.3 is 9.47 Å². The Morgan fingerprint density at radius 1 is 1.15 bits per heavy atom. The normalized spacial score (nSPS) is 15.4. The van der Waals surface area contributed by atoms with Crippen molar-refractivity contribution < 1.29 is 13.2 Å². The number of hydrogen-bond acceptors (Lipinski definition) is 5. The van der Waals surface area contributed by atoms with Crippen LogP contribution in [0.5, 0.6) is 0 Å². The highest BCUT2D eigenvalue weighted by Gasteiger charge is 2.34. The van der Waals surface area contributed by atoms with E-state index in [-0.39, 0.29) is 35.4 Å². The molecule has 0 N–H and O–H groups in total. The Labute approximate surface area is 194 Å². The van der Waals surface area contributed by atoms with Crippen LogP contribution in [0.1, 0.15) is 31.2 Å². The van der Waals surface area contributed by atoms with Gasteiger partial charge in [0.05, 0.1) is 28.0 Å². The van der Waals surface area contributed by atoms with Crippen molar-refractivity contribution in [3.8, 4) is 6.07 Å². The van der Waals surface area contributed by atoms with Crippen molar-refractivity contribution in [2.24, 2.45) is 5.92 Å². The molecule has 4 rings (SSSR count). The molecule has 1 fully saturated rings. The minimum Gasteiger partial charge on any atom is -0.338 e. The Morgan fingerprint density at radius 2 is 1.82 bits per heavy atom. The van der Waals surface area contributed by atoms with Gasteiger partial charge in [0, 0.05) is 32.6 Å². The number of sulfonamides is 1. The van der Waals surface area contributed by atoms with Crippen LogP contribution >= 0.6 is 0 Å². The van der Waals surface area contributed by atoms with Crippen molar-refractivity contribution in [3.05, 3.63) is 59.9 Å². The predicted molar refractivity (Wildman–Crippen MR) is 125 cm³/mol. The SMILES string of the molecule is CCn1c(CN(C)C(=O)C2CCN(S(=O)(=O)c3ccccc3C#N)CC2)nc2ccccc21. The number of amides is 1. The van der Waals surface area contributed by atoms with Crippen LogP contribution < -0.4 is 0 Å². The van der Waals surface area contributed by atoms with Gasteiger partial charge in [-0.1, -0.05) is 24.3 Å². The van der Waals surface area contributed by atoms with E-state index in [1.807, 2.05) is 30.3 Å². The first-order valence-corrected chi connectivity index (χ1v) is 12.5. The Bertz CT molecular complexity index is 1320. The summed E-state index contributed by atoms with van der Waals surface area (Å²) in [4.78, 5) is 19.5. The molecule has 0 unspecified atom stereocenters. The Hall–Kier alpha value is -3.22. The van der Waals surface area contributed by atoms with Crippen LogP contribution in [0.25, 0.3) is 11.0 Å². The van der Waals surface area contributed by atoms with E-state index in [2.05, 4.69) is 11.5 Å². The predicted octanol–water partition coefficient (Wildman–Crippen LogP) is 2.99. The summed E-state index contributed by atoms with van der Waals surface area (Å²) in [6, 6.07) is 16.1. The van der Waals surface area contributed by atoms with Gasteiger partial charge in [0.2, 0.25) is 15.9 Å². The van der Waals surface area contributed by atoms with E-state index in [0.29, 0.717) is 19.4 Å². The van der Waals surface area contributed by atoms with Gasteiger partial charge in [-0.05, 0) is 44.0 Å². The summed E-state index contributed by atoms with van der Waals surface area (Å²) in [5.74, 6) is 0.592. The van der Waals surface area contributed by atoms with Gasteiger partial charge in [-0.15, -0.1) is 0 Å². The number of rotatable bonds is 6. The number of carbonyl (C=O) groups excluding carboxylic acids is 1. The first-order chi connectivity index (χ1) is 15.9. The number of para-hydroxylation sites is 2. The molecule has 0 atom stereocenters. The molecule has 2 aromatic carbocycles. The summed E-state index contributed by atoms with van der Waals surface area (Å²) in [6.45, 7) is 3.72. The zero-order valence-electron chi connectivity index (χ0n) is 18.8. The molecular formula is C24H27N5O3S. The maximum absolute atomic E-state index is 13.1. The third-order valence-corrected chi connectivity index (χ3v) is 8.19. The molecule has 1 saturated heterocycles. The Morgan fingerprint density at radius 3 is 2.52 bits per heavy atom. The fourth-order valence-electron chi connectivity index (χ4n) is 4.47. The highest BCUT2D eigenvalue weighted by Crippen LogP contribution is 2.27. The lowest BCUT2D eigenvalue weighted by molar-refractivity contribution is -0.136. The minimum absolute atomic E-state index is 0.000757. The van der Waals surface area contributed by atoms with E-state index in [9.17, 15) is 18.5 Å². The lowest BCUT2D eigenvalue weighted by atomic mass is 9.96. The van der Waals surface area contributed by atoms with Gasteiger partial charge in [-0.25, -0.2) is 13.4 Å². The molecule has 0 saturated carbocycles. The quantitative estimate of drug-likeness (QED) is 0.557. The summed E-state index contributed by atoms with van der Waals surface area (Å²) >= 11 is 0. The molecule has 1 amide bonds. The number of aryl methyl sites for hydroxylation is 1. The number of nitrogens with zero attached hydrogens (tertiary/aromatic N) is 5. The number of piperidine rings is 1. The van der Waals surface area contributed by atoms with Gasteiger partial charge in [0.25, 0.3) is 0 Å². The molecule has 33 heavy (non-hydrogen) atoms. The topological polar surface area (TPSA) is 99.3 Å². The lowest BCUT2D eigenvalue weighted by Gasteiger charge is -2.32. The number of carbonyl (C=O) groups is 1. The van der Waals surface area contributed by atoms with E-state index < -0.39 is 10.0 Å². The number of fused-ring (bicyclic) bond motifs is 1. The largest absolute Gasteiger partial charge is 0.338 e. The van der Waals surface area contributed by atoms with Gasteiger partial charge in [0.15, 0.2) is 0 Å². The van der Waals surface area contributed by atoms with Gasteiger partial charge in [-0.3, -0.25) is 4.79 Å². The molecular weight excluding hydrogens is 438 g/mol. The van der Waals surface area contributed by atoms with Crippen molar-refractivity contribution in [3.63, 3.8) is 0 Å². The highest BCUT2D eigenvalue weighted by molar-refractivity contribution is 7.89. The van der Waals surface area contributed by atoms with E-state index in [1.165, 1.54) is 16.4 Å². The number of hydrogen-bond donors (Lipinski definition) is 0. The van der Waals surface area contributed by atoms with Gasteiger partial charge >= 0.3 is 0 Å². The molecule has 1 aromatic heterocycles. The summed E-state index contributed by atoms with van der Waals surface area (Å²) < 4.78 is 29.6. The maximum atomic E-state index is 13.1. The minimum atomic E-state index is -3.77.